The molecule has 1 heterocycles. The van der Waals surface area contributed by atoms with Gasteiger partial charge in [-0.3, -0.25) is 0 Å². The third-order valence-electron chi connectivity index (χ3n) is 2.53. The highest BCUT2D eigenvalue weighted by Crippen LogP contribution is 2.26. The standard InChI is InChI=1S/C14H13IN2O2/c1-3-19-14(18)11-8-16-9(2)17-13(11)10-6-4-5-7-12(10)15/h4-8H,3H2,1-2H3. The lowest BCUT2D eigenvalue weighted by Gasteiger charge is -2.10. The summed E-state index contributed by atoms with van der Waals surface area (Å²) >= 11 is 2.22. The Morgan fingerprint density at radius 2 is 2.11 bits per heavy atom. The molecule has 0 spiro atoms. The molecule has 5 heteroatoms. The van der Waals surface area contributed by atoms with E-state index >= 15 is 0 Å². The Morgan fingerprint density at radius 3 is 2.79 bits per heavy atom. The highest BCUT2D eigenvalue weighted by atomic mass is 127. The van der Waals surface area contributed by atoms with Gasteiger partial charge in [-0.05, 0) is 42.5 Å². The predicted octanol–water partition coefficient (Wildman–Crippen LogP) is 3.23. The molecule has 1 aromatic heterocycles. The second-order valence-electron chi connectivity index (χ2n) is 3.88. The molecule has 0 unspecified atom stereocenters. The molecule has 0 aliphatic rings. The van der Waals surface area contributed by atoms with Crippen molar-refractivity contribution < 1.29 is 9.53 Å². The van der Waals surface area contributed by atoms with E-state index in [0.717, 1.165) is 9.13 Å². The van der Waals surface area contributed by atoms with Gasteiger partial charge in [0.15, 0.2) is 0 Å². The second kappa shape index (κ2) is 6.10. The first-order valence-corrected chi connectivity index (χ1v) is 6.97. The fourth-order valence-electron chi connectivity index (χ4n) is 1.69. The van der Waals surface area contributed by atoms with Crippen LogP contribution in [0, 0.1) is 10.5 Å². The van der Waals surface area contributed by atoms with E-state index in [2.05, 4.69) is 32.6 Å². The first-order chi connectivity index (χ1) is 9.13. The Labute approximate surface area is 125 Å². The van der Waals surface area contributed by atoms with Gasteiger partial charge in [0, 0.05) is 15.3 Å². The van der Waals surface area contributed by atoms with Gasteiger partial charge < -0.3 is 4.74 Å². The Morgan fingerprint density at radius 1 is 1.37 bits per heavy atom. The van der Waals surface area contributed by atoms with Gasteiger partial charge in [-0.1, -0.05) is 18.2 Å². The third-order valence-corrected chi connectivity index (χ3v) is 3.47. The number of esters is 1. The van der Waals surface area contributed by atoms with E-state index in [-0.39, 0.29) is 0 Å². The summed E-state index contributed by atoms with van der Waals surface area (Å²) in [5.41, 5.74) is 1.93. The van der Waals surface area contributed by atoms with Crippen LogP contribution in [-0.4, -0.2) is 22.5 Å². The van der Waals surface area contributed by atoms with Gasteiger partial charge in [0.25, 0.3) is 0 Å². The summed E-state index contributed by atoms with van der Waals surface area (Å²) in [5.74, 6) is 0.236. The van der Waals surface area contributed by atoms with Crippen molar-refractivity contribution in [2.75, 3.05) is 6.61 Å². The maximum absolute atomic E-state index is 12.0. The molecule has 0 saturated carbocycles. The number of hydrogen-bond acceptors (Lipinski definition) is 4. The molecule has 0 fully saturated rings. The van der Waals surface area contributed by atoms with Crippen molar-refractivity contribution in [2.24, 2.45) is 0 Å². The monoisotopic (exact) mass is 368 g/mol. The zero-order valence-corrected chi connectivity index (χ0v) is 12.8. The molecule has 2 aromatic rings. The lowest BCUT2D eigenvalue weighted by molar-refractivity contribution is 0.0526. The number of rotatable bonds is 3. The summed E-state index contributed by atoms with van der Waals surface area (Å²) in [5, 5.41) is 0. The third kappa shape index (κ3) is 3.09. The molecule has 0 radical (unpaired) electrons. The van der Waals surface area contributed by atoms with Gasteiger partial charge in [-0.25, -0.2) is 14.8 Å². The smallest absolute Gasteiger partial charge is 0.341 e. The molecule has 0 atom stereocenters. The van der Waals surface area contributed by atoms with Gasteiger partial charge in [-0.15, -0.1) is 0 Å². The Kier molecular flexibility index (Phi) is 4.47. The molecule has 0 bridgehead atoms. The van der Waals surface area contributed by atoms with Crippen LogP contribution in [0.5, 0.6) is 0 Å². The van der Waals surface area contributed by atoms with E-state index in [4.69, 9.17) is 4.74 Å². The number of aromatic nitrogens is 2. The molecule has 98 valence electrons. The van der Waals surface area contributed by atoms with E-state index in [9.17, 15) is 4.79 Å². The first-order valence-electron chi connectivity index (χ1n) is 5.89. The van der Waals surface area contributed by atoms with Crippen LogP contribution in [0.3, 0.4) is 0 Å². The number of ether oxygens (including phenoxy) is 1. The number of carbonyl (C=O) groups excluding carboxylic acids is 1. The Balaban J connectivity index is 2.58. The average Bonchev–Trinajstić information content (AvgIpc) is 2.39. The highest BCUT2D eigenvalue weighted by molar-refractivity contribution is 14.1. The molecule has 0 aliphatic carbocycles. The fourth-order valence-corrected chi connectivity index (χ4v) is 2.33. The van der Waals surface area contributed by atoms with E-state index < -0.39 is 5.97 Å². The lowest BCUT2D eigenvalue weighted by Crippen LogP contribution is -2.09. The van der Waals surface area contributed by atoms with Gasteiger partial charge in [-0.2, -0.15) is 0 Å². The highest BCUT2D eigenvalue weighted by Gasteiger charge is 2.17. The van der Waals surface area contributed by atoms with Gasteiger partial charge in [0.05, 0.1) is 12.3 Å². The Hall–Kier alpha value is -1.50. The maximum atomic E-state index is 12.0. The minimum absolute atomic E-state index is 0.331. The molecule has 0 aliphatic heterocycles. The SMILES string of the molecule is CCOC(=O)c1cnc(C)nc1-c1ccccc1I. The molecular formula is C14H13IN2O2. The van der Waals surface area contributed by atoms with Crippen LogP contribution in [0.1, 0.15) is 23.1 Å². The normalized spacial score (nSPS) is 10.3. The van der Waals surface area contributed by atoms with Crippen molar-refractivity contribution in [3.63, 3.8) is 0 Å². The maximum Gasteiger partial charge on any atom is 0.341 e. The first kappa shape index (κ1) is 13.9. The average molecular weight is 368 g/mol. The van der Waals surface area contributed by atoms with Crippen molar-refractivity contribution in [1.29, 1.82) is 0 Å². The van der Waals surface area contributed by atoms with Gasteiger partial charge >= 0.3 is 5.97 Å². The van der Waals surface area contributed by atoms with Crippen LogP contribution in [-0.2, 0) is 4.74 Å². The second-order valence-corrected chi connectivity index (χ2v) is 5.04. The van der Waals surface area contributed by atoms with Crippen LogP contribution in [0.2, 0.25) is 0 Å². The summed E-state index contributed by atoms with van der Waals surface area (Å²) in [6, 6.07) is 7.78. The van der Waals surface area contributed by atoms with Crippen molar-refractivity contribution in [3.8, 4) is 11.3 Å². The molecule has 1 aromatic carbocycles. The van der Waals surface area contributed by atoms with Crippen LogP contribution >= 0.6 is 22.6 Å². The number of hydrogen-bond donors (Lipinski definition) is 0. The number of carbonyl (C=O) groups is 1. The molecule has 4 nitrogen and oxygen atoms in total. The van der Waals surface area contributed by atoms with Crippen molar-refractivity contribution in [2.45, 2.75) is 13.8 Å². The number of nitrogens with zero attached hydrogens (tertiary/aromatic N) is 2. The van der Waals surface area contributed by atoms with Crippen LogP contribution in [0.25, 0.3) is 11.3 Å². The predicted molar refractivity (Wildman–Crippen MR) is 80.9 cm³/mol. The minimum atomic E-state index is -0.392. The van der Waals surface area contributed by atoms with E-state index in [1.54, 1.807) is 13.8 Å². The van der Waals surface area contributed by atoms with Crippen molar-refractivity contribution >= 4 is 28.6 Å². The van der Waals surface area contributed by atoms with Crippen molar-refractivity contribution in [3.05, 3.63) is 45.4 Å². The fraction of sp³-hybridized carbons (Fsp3) is 0.214. The molecule has 0 saturated heterocycles. The van der Waals surface area contributed by atoms with E-state index in [1.165, 1.54) is 6.20 Å². The molecule has 2 rings (SSSR count). The van der Waals surface area contributed by atoms with Crippen LogP contribution in [0.4, 0.5) is 0 Å². The summed E-state index contributed by atoms with van der Waals surface area (Å²) < 4.78 is 6.08. The number of aryl methyl sites for hydroxylation is 1. The van der Waals surface area contributed by atoms with Crippen LogP contribution in [0.15, 0.2) is 30.5 Å². The van der Waals surface area contributed by atoms with E-state index in [1.807, 2.05) is 24.3 Å². The summed E-state index contributed by atoms with van der Waals surface area (Å²) in [4.78, 5) is 20.4. The number of halogens is 1. The summed E-state index contributed by atoms with van der Waals surface area (Å²) in [7, 11) is 0. The van der Waals surface area contributed by atoms with Crippen molar-refractivity contribution in [1.82, 2.24) is 9.97 Å². The zero-order chi connectivity index (χ0) is 13.8. The molecule has 19 heavy (non-hydrogen) atoms. The molecular weight excluding hydrogens is 355 g/mol. The van der Waals surface area contributed by atoms with E-state index in [0.29, 0.717) is 23.7 Å². The molecule has 0 N–H and O–H groups in total. The lowest BCUT2D eigenvalue weighted by atomic mass is 10.1. The quantitative estimate of drug-likeness (QED) is 0.617. The summed E-state index contributed by atoms with van der Waals surface area (Å²) in [6.07, 6.45) is 1.53. The van der Waals surface area contributed by atoms with Gasteiger partial charge in [0.2, 0.25) is 0 Å². The minimum Gasteiger partial charge on any atom is -0.462 e. The Bertz CT molecular complexity index is 614. The number of benzene rings is 1. The molecule has 0 amide bonds. The zero-order valence-electron chi connectivity index (χ0n) is 10.7. The van der Waals surface area contributed by atoms with Crippen LogP contribution < -0.4 is 0 Å². The topological polar surface area (TPSA) is 52.1 Å². The largest absolute Gasteiger partial charge is 0.462 e. The summed E-state index contributed by atoms with van der Waals surface area (Å²) in [6.45, 7) is 3.91. The van der Waals surface area contributed by atoms with Gasteiger partial charge in [0.1, 0.15) is 11.4 Å².